The first-order valence-corrected chi connectivity index (χ1v) is 6.99. The van der Waals surface area contributed by atoms with Crippen LogP contribution in [-0.2, 0) is 20.0 Å². The first-order chi connectivity index (χ1) is 9.02. The first kappa shape index (κ1) is 14.1. The van der Waals surface area contributed by atoms with Crippen LogP contribution in [0.2, 0.25) is 0 Å². The van der Waals surface area contributed by atoms with E-state index in [4.69, 9.17) is 0 Å². The Morgan fingerprint density at radius 2 is 2.16 bits per heavy atom. The van der Waals surface area contributed by atoms with Gasteiger partial charge in [0.25, 0.3) is 0 Å². The van der Waals surface area contributed by atoms with Crippen molar-refractivity contribution in [3.63, 3.8) is 0 Å². The highest BCUT2D eigenvalue weighted by atomic mass is 79.9. The number of hydrogen-bond donors (Lipinski definition) is 0. The van der Waals surface area contributed by atoms with Gasteiger partial charge in [-0.3, -0.25) is 4.68 Å². The molecule has 0 amide bonds. The van der Waals surface area contributed by atoms with Crippen molar-refractivity contribution in [2.24, 2.45) is 7.05 Å². The largest absolute Gasteiger partial charge is 0.369 e. The molecule has 0 spiro atoms. The third-order valence-electron chi connectivity index (χ3n) is 3.14. The van der Waals surface area contributed by atoms with Crippen LogP contribution >= 0.6 is 15.9 Å². The van der Waals surface area contributed by atoms with E-state index in [0.717, 1.165) is 28.0 Å². The fraction of sp³-hybridized carbons (Fsp3) is 0.357. The molecule has 19 heavy (non-hydrogen) atoms. The average molecular weight is 326 g/mol. The summed E-state index contributed by atoms with van der Waals surface area (Å²) in [5, 5.41) is 4.46. The van der Waals surface area contributed by atoms with Crippen molar-refractivity contribution in [2.75, 3.05) is 11.9 Å². The summed E-state index contributed by atoms with van der Waals surface area (Å²) in [4.78, 5) is 2.00. The lowest BCUT2D eigenvalue weighted by Crippen LogP contribution is -2.18. The lowest BCUT2D eigenvalue weighted by atomic mass is 10.2. The number of benzene rings is 1. The molecule has 3 nitrogen and oxygen atoms in total. The van der Waals surface area contributed by atoms with Crippen LogP contribution < -0.4 is 4.90 Å². The zero-order valence-electron chi connectivity index (χ0n) is 11.3. The van der Waals surface area contributed by atoms with E-state index in [0.29, 0.717) is 6.54 Å². The van der Waals surface area contributed by atoms with Gasteiger partial charge in [-0.05, 0) is 40.5 Å². The summed E-state index contributed by atoms with van der Waals surface area (Å²) in [6.07, 6.45) is 0.887. The van der Waals surface area contributed by atoms with Gasteiger partial charge in [-0.25, -0.2) is 4.39 Å². The minimum absolute atomic E-state index is 0.220. The summed E-state index contributed by atoms with van der Waals surface area (Å²) >= 11 is 3.59. The van der Waals surface area contributed by atoms with E-state index < -0.39 is 0 Å². The van der Waals surface area contributed by atoms with Gasteiger partial charge in [0.2, 0.25) is 0 Å². The molecule has 1 heterocycles. The van der Waals surface area contributed by atoms with Crippen LogP contribution in [-0.4, -0.2) is 16.8 Å². The normalized spacial score (nSPS) is 10.8. The Labute approximate surface area is 121 Å². The molecule has 0 aliphatic rings. The van der Waals surface area contributed by atoms with E-state index in [1.165, 1.54) is 12.1 Å². The molecule has 0 saturated heterocycles. The molecule has 0 aliphatic carbocycles. The Balaban J connectivity index is 2.24. The molecule has 0 saturated carbocycles. The van der Waals surface area contributed by atoms with Gasteiger partial charge in [0, 0.05) is 19.8 Å². The number of aromatic nitrogens is 2. The smallest absolute Gasteiger partial charge is 0.125 e. The third-order valence-corrected chi connectivity index (χ3v) is 4.05. The van der Waals surface area contributed by atoms with Crippen LogP contribution in [0.25, 0.3) is 0 Å². The number of halogens is 2. The SMILES string of the molecule is CCc1nn(C)c(CN(C)c2cccc(F)c2)c1Br. The second-order valence-corrected chi connectivity index (χ2v) is 5.31. The molecule has 1 aromatic heterocycles. The average Bonchev–Trinajstić information content (AvgIpc) is 2.66. The highest BCUT2D eigenvalue weighted by Crippen LogP contribution is 2.24. The van der Waals surface area contributed by atoms with Crippen molar-refractivity contribution in [2.45, 2.75) is 19.9 Å². The second kappa shape index (κ2) is 5.74. The van der Waals surface area contributed by atoms with Crippen molar-refractivity contribution in [3.05, 3.63) is 45.9 Å². The molecule has 0 bridgehead atoms. The van der Waals surface area contributed by atoms with E-state index in [9.17, 15) is 4.39 Å². The monoisotopic (exact) mass is 325 g/mol. The predicted molar refractivity (Wildman–Crippen MR) is 78.8 cm³/mol. The lowest BCUT2D eigenvalue weighted by Gasteiger charge is -2.19. The molecular formula is C14H17BrFN3. The molecule has 1 aromatic carbocycles. The van der Waals surface area contributed by atoms with E-state index in [1.54, 1.807) is 6.07 Å². The van der Waals surface area contributed by atoms with Gasteiger partial charge in [0.1, 0.15) is 5.82 Å². The maximum absolute atomic E-state index is 13.2. The number of hydrogen-bond acceptors (Lipinski definition) is 2. The van der Waals surface area contributed by atoms with Crippen molar-refractivity contribution in [1.29, 1.82) is 0 Å². The van der Waals surface area contributed by atoms with Crippen LogP contribution in [0.3, 0.4) is 0 Å². The summed E-state index contributed by atoms with van der Waals surface area (Å²) in [5.74, 6) is -0.220. The van der Waals surface area contributed by atoms with Gasteiger partial charge in [0.05, 0.1) is 22.4 Å². The molecule has 2 aromatic rings. The van der Waals surface area contributed by atoms with Crippen molar-refractivity contribution in [3.8, 4) is 0 Å². The first-order valence-electron chi connectivity index (χ1n) is 6.20. The fourth-order valence-electron chi connectivity index (χ4n) is 2.02. The second-order valence-electron chi connectivity index (χ2n) is 4.52. The molecule has 0 unspecified atom stereocenters. The van der Waals surface area contributed by atoms with Gasteiger partial charge in [-0.15, -0.1) is 0 Å². The fourth-order valence-corrected chi connectivity index (χ4v) is 2.76. The van der Waals surface area contributed by atoms with E-state index in [-0.39, 0.29) is 5.82 Å². The number of aryl methyl sites for hydroxylation is 2. The Morgan fingerprint density at radius 3 is 2.74 bits per heavy atom. The van der Waals surface area contributed by atoms with Crippen LogP contribution in [0.15, 0.2) is 28.7 Å². The van der Waals surface area contributed by atoms with Gasteiger partial charge in [-0.1, -0.05) is 13.0 Å². The molecule has 0 N–H and O–H groups in total. The molecule has 0 fully saturated rings. The maximum Gasteiger partial charge on any atom is 0.125 e. The van der Waals surface area contributed by atoms with Gasteiger partial charge in [-0.2, -0.15) is 5.10 Å². The van der Waals surface area contributed by atoms with E-state index in [2.05, 4.69) is 28.0 Å². The van der Waals surface area contributed by atoms with E-state index >= 15 is 0 Å². The standard InChI is InChI=1S/C14H17BrFN3/c1-4-12-14(15)13(19(3)17-12)9-18(2)11-7-5-6-10(16)8-11/h5-8H,4,9H2,1-3H3. The molecule has 0 radical (unpaired) electrons. The zero-order valence-corrected chi connectivity index (χ0v) is 12.9. The van der Waals surface area contributed by atoms with Crippen LogP contribution in [0.5, 0.6) is 0 Å². The van der Waals surface area contributed by atoms with Crippen LogP contribution in [0.4, 0.5) is 10.1 Å². The Bertz CT molecular complexity index is 580. The molecule has 2 rings (SSSR count). The van der Waals surface area contributed by atoms with Crippen molar-refractivity contribution in [1.82, 2.24) is 9.78 Å². The lowest BCUT2D eigenvalue weighted by molar-refractivity contribution is 0.626. The summed E-state index contributed by atoms with van der Waals surface area (Å²) in [6, 6.07) is 6.60. The summed E-state index contributed by atoms with van der Waals surface area (Å²) in [5.41, 5.74) is 2.99. The minimum atomic E-state index is -0.220. The summed E-state index contributed by atoms with van der Waals surface area (Å²) < 4.78 is 16.1. The quantitative estimate of drug-likeness (QED) is 0.857. The number of anilines is 1. The zero-order chi connectivity index (χ0) is 14.0. The van der Waals surface area contributed by atoms with Crippen molar-refractivity contribution < 1.29 is 4.39 Å². The maximum atomic E-state index is 13.2. The van der Waals surface area contributed by atoms with Gasteiger partial charge < -0.3 is 4.90 Å². The topological polar surface area (TPSA) is 21.1 Å². The Morgan fingerprint density at radius 1 is 1.42 bits per heavy atom. The molecule has 0 atom stereocenters. The Kier molecular flexibility index (Phi) is 4.24. The Hall–Kier alpha value is -1.36. The third kappa shape index (κ3) is 2.97. The van der Waals surface area contributed by atoms with Gasteiger partial charge in [0.15, 0.2) is 0 Å². The number of rotatable bonds is 4. The van der Waals surface area contributed by atoms with Crippen LogP contribution in [0, 0.1) is 5.82 Å². The van der Waals surface area contributed by atoms with Gasteiger partial charge >= 0.3 is 0 Å². The highest BCUT2D eigenvalue weighted by molar-refractivity contribution is 9.10. The van der Waals surface area contributed by atoms with Crippen LogP contribution in [0.1, 0.15) is 18.3 Å². The summed E-state index contributed by atoms with van der Waals surface area (Å²) in [6.45, 7) is 2.75. The summed E-state index contributed by atoms with van der Waals surface area (Å²) in [7, 11) is 3.87. The molecule has 5 heteroatoms. The predicted octanol–water partition coefficient (Wildman–Crippen LogP) is 3.52. The van der Waals surface area contributed by atoms with Crippen molar-refractivity contribution >= 4 is 21.6 Å². The molecule has 102 valence electrons. The number of nitrogens with zero attached hydrogens (tertiary/aromatic N) is 3. The van der Waals surface area contributed by atoms with E-state index in [1.807, 2.05) is 29.7 Å². The highest BCUT2D eigenvalue weighted by Gasteiger charge is 2.14. The molecular weight excluding hydrogens is 309 g/mol. The molecule has 0 aliphatic heterocycles. The minimum Gasteiger partial charge on any atom is -0.369 e.